The van der Waals surface area contributed by atoms with Gasteiger partial charge in [-0.05, 0) is 137 Å². The molecule has 512 valence electrons. The third-order valence-electron chi connectivity index (χ3n) is 18.3. The van der Waals surface area contributed by atoms with Crippen LogP contribution >= 0.6 is 0 Å². The Morgan fingerprint density at radius 1 is 0.406 bits per heavy atom. The van der Waals surface area contributed by atoms with Gasteiger partial charge in [0.25, 0.3) is 0 Å². The summed E-state index contributed by atoms with van der Waals surface area (Å²) in [5.41, 5.74) is 19.5. The first-order valence-electron chi connectivity index (χ1n) is 34.3. The predicted octanol–water partition coefficient (Wildman–Crippen LogP) is 18.0. The second kappa shape index (κ2) is 32.1. The molecule has 18 nitrogen and oxygen atoms in total. The quantitative estimate of drug-likeness (QED) is 0.0280. The van der Waals surface area contributed by atoms with E-state index in [4.69, 9.17) is 9.47 Å². The van der Waals surface area contributed by atoms with E-state index >= 15 is 0 Å². The highest BCUT2D eigenvalue weighted by molar-refractivity contribution is 5.92. The van der Waals surface area contributed by atoms with Crippen LogP contribution in [-0.4, -0.2) is 97.4 Å². The average Bonchev–Trinajstić information content (AvgIpc) is 1.66. The van der Waals surface area contributed by atoms with E-state index in [1.807, 2.05) is 61.4 Å². The summed E-state index contributed by atoms with van der Waals surface area (Å²) in [6.45, 7) is 22.1. The monoisotopic (exact) mass is 1340 g/mol. The van der Waals surface area contributed by atoms with Gasteiger partial charge in [0.1, 0.15) is 40.2 Å². The lowest BCUT2D eigenvalue weighted by Gasteiger charge is -2.12. The molecule has 0 aliphatic rings. The Morgan fingerprint density at radius 3 is 1.19 bits per heavy atom. The third kappa shape index (κ3) is 15.3. The van der Waals surface area contributed by atoms with Gasteiger partial charge in [0.15, 0.2) is 0 Å². The second-order valence-electron chi connectivity index (χ2n) is 24.9. The summed E-state index contributed by atoms with van der Waals surface area (Å²) in [5, 5.41) is 17.4. The summed E-state index contributed by atoms with van der Waals surface area (Å²) in [6, 6.07) is 40.7. The van der Waals surface area contributed by atoms with E-state index in [9.17, 15) is 0 Å². The zero-order chi connectivity index (χ0) is 68.9. The van der Waals surface area contributed by atoms with Crippen molar-refractivity contribution in [3.63, 3.8) is 0 Å². The van der Waals surface area contributed by atoms with Gasteiger partial charge in [-0.3, -0.25) is 9.97 Å². The Bertz CT molecular complexity index is 5100. The molecule has 12 aromatic heterocycles. The highest BCUT2D eigenvalue weighted by atomic mass is 16.5. The van der Waals surface area contributed by atoms with Gasteiger partial charge in [0, 0.05) is 174 Å². The number of nitrogens with zero attached hydrogens (tertiary/aromatic N) is 10. The zero-order valence-electron chi connectivity index (χ0n) is 57.4. The lowest BCUT2D eigenvalue weighted by atomic mass is 10.0. The zero-order valence-corrected chi connectivity index (χ0v) is 57.4. The number of aromatic nitrogens is 13. The van der Waals surface area contributed by atoms with Crippen molar-refractivity contribution in [3.05, 3.63) is 255 Å². The van der Waals surface area contributed by atoms with Crippen molar-refractivity contribution in [2.24, 2.45) is 0 Å². The SMILES string of the molecule is C.C=C(NCCCC)n1ccc2c(Cc3c[nH]c4ncc(-c5ccc(OC)cn5)cc34)cccc21.C=C(NCCCC)n1ccc2c(Cc3c[nH]c4ncc(-c5ccncc5)cc34)cccc21.C=C(NCCCC)n1ccc2c(Cc3c[nH]c4ncc(-c5cnc(OC)nc5)cc34)cccc21. The summed E-state index contributed by atoms with van der Waals surface area (Å²) in [5.74, 6) is 3.48. The molecule has 0 bridgehead atoms. The smallest absolute Gasteiger partial charge is 0.316 e. The van der Waals surface area contributed by atoms with Crippen molar-refractivity contribution in [2.45, 2.75) is 86.0 Å². The number of unbranched alkanes of at least 4 members (excludes halogenated alkanes) is 3. The van der Waals surface area contributed by atoms with Gasteiger partial charge < -0.3 is 54.1 Å². The van der Waals surface area contributed by atoms with Gasteiger partial charge in [-0.15, -0.1) is 0 Å². The molecule has 0 aliphatic carbocycles. The fraction of sp³-hybridized carbons (Fsp3) is 0.217. The lowest BCUT2D eigenvalue weighted by molar-refractivity contribution is 0.380. The number of nitrogens with one attached hydrogen (secondary N) is 6. The molecule has 0 atom stereocenters. The number of H-pyrrole nitrogens is 3. The van der Waals surface area contributed by atoms with Gasteiger partial charge >= 0.3 is 6.01 Å². The molecule has 0 fully saturated rings. The maximum atomic E-state index is 5.23. The van der Waals surface area contributed by atoms with Gasteiger partial charge in [0.05, 0.1) is 42.7 Å². The number of fused-ring (bicyclic) bond motifs is 6. The topological polar surface area (TPSA) is 207 Å². The first-order chi connectivity index (χ1) is 49.1. The lowest BCUT2D eigenvalue weighted by Crippen LogP contribution is -2.16. The van der Waals surface area contributed by atoms with Crippen LogP contribution in [0.5, 0.6) is 11.8 Å². The number of pyridine rings is 5. The minimum atomic E-state index is 0. The van der Waals surface area contributed by atoms with Crippen molar-refractivity contribution in [2.75, 3.05) is 33.9 Å². The maximum absolute atomic E-state index is 5.23. The second-order valence-corrected chi connectivity index (χ2v) is 24.9. The molecule has 15 aromatic rings. The summed E-state index contributed by atoms with van der Waals surface area (Å²) in [4.78, 5) is 41.0. The first-order valence-corrected chi connectivity index (χ1v) is 34.3. The van der Waals surface area contributed by atoms with Crippen LogP contribution in [0.1, 0.15) is 100 Å². The predicted molar refractivity (Wildman–Crippen MR) is 415 cm³/mol. The molecule has 0 aliphatic heterocycles. The molecule has 6 N–H and O–H groups in total. The largest absolute Gasteiger partial charge is 0.495 e. The van der Waals surface area contributed by atoms with Gasteiger partial charge in [-0.25, -0.2) is 24.9 Å². The number of hydrogen-bond donors (Lipinski definition) is 6. The van der Waals surface area contributed by atoms with Gasteiger partial charge in [-0.2, -0.15) is 0 Å². The summed E-state index contributed by atoms with van der Waals surface area (Å²) in [6.07, 6.45) is 36.3. The summed E-state index contributed by atoms with van der Waals surface area (Å²) < 4.78 is 16.7. The molecule has 0 saturated heterocycles. The van der Waals surface area contributed by atoms with E-state index in [1.54, 1.807) is 32.8 Å². The molecule has 15 rings (SSSR count). The van der Waals surface area contributed by atoms with E-state index in [0.717, 1.165) is 172 Å². The van der Waals surface area contributed by atoms with E-state index in [1.165, 1.54) is 61.5 Å². The molecule has 0 radical (unpaired) electrons. The molecular formula is C83H88N16O2. The number of methoxy groups -OCH3 is 2. The molecule has 3 aromatic carbocycles. The fourth-order valence-electron chi connectivity index (χ4n) is 12.8. The fourth-order valence-corrected chi connectivity index (χ4v) is 12.8. The molecule has 0 amide bonds. The molecule has 18 heteroatoms. The summed E-state index contributed by atoms with van der Waals surface area (Å²) in [7, 11) is 3.20. The number of rotatable bonds is 26. The molecular weight excluding hydrogens is 1250 g/mol. The maximum Gasteiger partial charge on any atom is 0.316 e. The number of benzene rings is 3. The van der Waals surface area contributed by atoms with Crippen LogP contribution in [0.4, 0.5) is 0 Å². The Hall–Kier alpha value is -12.1. The highest BCUT2D eigenvalue weighted by Crippen LogP contribution is 2.34. The van der Waals surface area contributed by atoms with Crippen LogP contribution in [0.3, 0.4) is 0 Å². The number of hydrogen-bond acceptors (Lipinski definition) is 12. The minimum absolute atomic E-state index is 0. The molecule has 0 unspecified atom stereocenters. The van der Waals surface area contributed by atoms with Crippen LogP contribution < -0.4 is 25.4 Å². The van der Waals surface area contributed by atoms with Crippen LogP contribution in [-0.2, 0) is 19.3 Å². The van der Waals surface area contributed by atoms with E-state index in [2.05, 4.69) is 242 Å². The van der Waals surface area contributed by atoms with Crippen molar-refractivity contribution in [1.82, 2.24) is 79.5 Å². The van der Waals surface area contributed by atoms with Crippen LogP contribution in [0, 0.1) is 0 Å². The van der Waals surface area contributed by atoms with E-state index in [0.29, 0.717) is 6.01 Å². The highest BCUT2D eigenvalue weighted by Gasteiger charge is 2.17. The Balaban J connectivity index is 0.000000143. The number of aromatic amines is 3. The Kier molecular flexibility index (Phi) is 21.9. The number of ether oxygens (including phenoxy) is 2. The van der Waals surface area contributed by atoms with Crippen LogP contribution in [0.15, 0.2) is 222 Å². The first kappa shape index (κ1) is 68.9. The molecule has 101 heavy (non-hydrogen) atoms. The minimum Gasteiger partial charge on any atom is -0.495 e. The Morgan fingerprint density at radius 2 is 0.802 bits per heavy atom. The summed E-state index contributed by atoms with van der Waals surface area (Å²) >= 11 is 0. The molecule has 12 heterocycles. The van der Waals surface area contributed by atoms with E-state index in [-0.39, 0.29) is 7.43 Å². The van der Waals surface area contributed by atoms with Crippen LogP contribution in [0.25, 0.3) is 117 Å². The van der Waals surface area contributed by atoms with E-state index < -0.39 is 0 Å². The third-order valence-corrected chi connectivity index (χ3v) is 18.3. The van der Waals surface area contributed by atoms with Crippen molar-refractivity contribution < 1.29 is 9.47 Å². The standard InChI is InChI=1S/C28H29N5O.C27H28N6O.C27H27N5.CH4/c1-4-5-12-29-19(2)33-13-11-24-20(7-6-8-27(24)33)14-21-16-31-28-25(21)15-22(17-32-28)26-10-9-23(34-3)18-30-26;1-4-5-10-28-18(2)33-11-9-23-19(7-6-8-25(23)33)12-21-15-30-26-24(21)13-20(14-29-26)22-16-31-27(34-3)32-17-22;1-3-4-11-29-19(2)32-14-10-24-21(6-5-7-26(24)32)15-23-18-31-27-25(23)16-22(17-30-27)20-8-12-28-13-9-20;/h6-11,13,15-18,29H,2,4-5,12,14H2,1,3H3,(H,31,32);6-9,11,13-17,28H,2,4-5,10,12H2,1,3H3,(H,29,30);5-10,12-14,16-18,29H,2-4,11,15H2,1H3,(H,30,31);1H4. The van der Waals surface area contributed by atoms with Crippen LogP contribution in [0.2, 0.25) is 0 Å². The Labute approximate surface area is 589 Å². The van der Waals surface area contributed by atoms with Gasteiger partial charge in [0.2, 0.25) is 0 Å². The van der Waals surface area contributed by atoms with Crippen molar-refractivity contribution >= 4 is 83.3 Å². The van der Waals surface area contributed by atoms with Gasteiger partial charge in [-0.1, -0.05) is 104 Å². The normalized spacial score (nSPS) is 11.1. The molecule has 0 saturated carbocycles. The average molecular weight is 1340 g/mol. The molecule has 0 spiro atoms. The van der Waals surface area contributed by atoms with Crippen molar-refractivity contribution in [3.8, 4) is 45.3 Å². The van der Waals surface area contributed by atoms with Crippen molar-refractivity contribution in [1.29, 1.82) is 0 Å².